The third kappa shape index (κ3) is 1.72. The predicted octanol–water partition coefficient (Wildman–Crippen LogP) is 1.43. The van der Waals surface area contributed by atoms with Crippen LogP contribution in [-0.4, -0.2) is 12.1 Å². The molecule has 0 heterocycles. The van der Waals surface area contributed by atoms with E-state index in [0.717, 1.165) is 12.8 Å². The number of carbonyl (C=O) groups is 1. The van der Waals surface area contributed by atoms with Crippen LogP contribution in [-0.2, 0) is 9.53 Å². The van der Waals surface area contributed by atoms with Gasteiger partial charge in [0, 0.05) is 6.08 Å². The molecule has 0 aromatic heterocycles. The van der Waals surface area contributed by atoms with Gasteiger partial charge in [-0.2, -0.15) is 0 Å². The molecule has 0 saturated carbocycles. The highest BCUT2D eigenvalue weighted by Gasteiger charge is 2.11. The van der Waals surface area contributed by atoms with E-state index in [1.165, 1.54) is 6.08 Å². The lowest BCUT2D eigenvalue weighted by molar-refractivity contribution is -0.140. The standard InChI is InChI=1S/C8H10O2/c1-2-8(9)10-7-5-3-4-6-7/h2-3,5,7H,1,4,6H2. The second-order valence-electron chi connectivity index (χ2n) is 2.18. The minimum atomic E-state index is -0.337. The van der Waals surface area contributed by atoms with E-state index in [1.807, 2.05) is 12.2 Å². The summed E-state index contributed by atoms with van der Waals surface area (Å²) >= 11 is 0. The van der Waals surface area contributed by atoms with Crippen LogP contribution >= 0.6 is 0 Å². The Kier molecular flexibility index (Phi) is 2.26. The summed E-state index contributed by atoms with van der Waals surface area (Å²) in [5.41, 5.74) is 0. The molecule has 0 saturated heterocycles. The molecule has 0 aromatic carbocycles. The molecular formula is C8H10O2. The summed E-state index contributed by atoms with van der Waals surface area (Å²) in [5.74, 6) is -0.337. The molecule has 0 aromatic rings. The first-order valence-corrected chi connectivity index (χ1v) is 3.32. The van der Waals surface area contributed by atoms with E-state index in [-0.39, 0.29) is 12.1 Å². The van der Waals surface area contributed by atoms with Crippen LogP contribution in [0.1, 0.15) is 12.8 Å². The third-order valence-corrected chi connectivity index (χ3v) is 1.40. The zero-order chi connectivity index (χ0) is 7.40. The average molecular weight is 138 g/mol. The molecule has 0 radical (unpaired) electrons. The largest absolute Gasteiger partial charge is 0.455 e. The second kappa shape index (κ2) is 3.20. The smallest absolute Gasteiger partial charge is 0.330 e. The van der Waals surface area contributed by atoms with Gasteiger partial charge in [-0.25, -0.2) is 4.79 Å². The van der Waals surface area contributed by atoms with Gasteiger partial charge in [-0.3, -0.25) is 0 Å². The molecule has 0 aliphatic heterocycles. The molecule has 0 N–H and O–H groups in total. The molecule has 0 bridgehead atoms. The highest BCUT2D eigenvalue weighted by molar-refractivity contribution is 5.81. The number of esters is 1. The van der Waals surface area contributed by atoms with Crippen molar-refractivity contribution in [2.45, 2.75) is 18.9 Å². The molecule has 1 unspecified atom stereocenters. The molecule has 1 rings (SSSR count). The van der Waals surface area contributed by atoms with Crippen LogP contribution in [0.15, 0.2) is 24.8 Å². The molecule has 54 valence electrons. The van der Waals surface area contributed by atoms with Gasteiger partial charge < -0.3 is 4.74 Å². The van der Waals surface area contributed by atoms with Gasteiger partial charge in [-0.1, -0.05) is 12.7 Å². The van der Waals surface area contributed by atoms with E-state index in [9.17, 15) is 4.79 Å². The monoisotopic (exact) mass is 138 g/mol. The summed E-state index contributed by atoms with van der Waals surface area (Å²) in [5, 5.41) is 0. The van der Waals surface area contributed by atoms with Crippen LogP contribution in [0.4, 0.5) is 0 Å². The number of carbonyl (C=O) groups excluding carboxylic acids is 1. The highest BCUT2D eigenvalue weighted by Crippen LogP contribution is 2.12. The summed E-state index contributed by atoms with van der Waals surface area (Å²) in [6.07, 6.45) is 7.02. The lowest BCUT2D eigenvalue weighted by Gasteiger charge is -2.06. The van der Waals surface area contributed by atoms with Gasteiger partial charge in [0.25, 0.3) is 0 Å². The first kappa shape index (κ1) is 7.06. The molecule has 1 aliphatic rings. The zero-order valence-corrected chi connectivity index (χ0v) is 5.75. The van der Waals surface area contributed by atoms with E-state index in [2.05, 4.69) is 6.58 Å². The molecule has 2 heteroatoms. The van der Waals surface area contributed by atoms with E-state index >= 15 is 0 Å². The second-order valence-corrected chi connectivity index (χ2v) is 2.18. The Morgan fingerprint density at radius 3 is 3.10 bits per heavy atom. The first-order valence-electron chi connectivity index (χ1n) is 3.32. The van der Waals surface area contributed by atoms with Gasteiger partial charge in [0.2, 0.25) is 0 Å². The maximum atomic E-state index is 10.6. The molecule has 0 spiro atoms. The lowest BCUT2D eigenvalue weighted by atomic mass is 10.3. The van der Waals surface area contributed by atoms with E-state index in [0.29, 0.717) is 0 Å². The summed E-state index contributed by atoms with van der Waals surface area (Å²) < 4.78 is 4.92. The van der Waals surface area contributed by atoms with Crippen LogP contribution in [0.25, 0.3) is 0 Å². The average Bonchev–Trinajstić information content (AvgIpc) is 2.40. The Morgan fingerprint density at radius 2 is 2.60 bits per heavy atom. The third-order valence-electron chi connectivity index (χ3n) is 1.40. The van der Waals surface area contributed by atoms with Gasteiger partial charge in [0.1, 0.15) is 6.10 Å². The van der Waals surface area contributed by atoms with Gasteiger partial charge in [-0.15, -0.1) is 0 Å². The lowest BCUT2D eigenvalue weighted by Crippen LogP contribution is -2.10. The summed E-state index contributed by atoms with van der Waals surface area (Å²) in [6, 6.07) is 0. The molecule has 10 heavy (non-hydrogen) atoms. The van der Waals surface area contributed by atoms with Gasteiger partial charge in [0.15, 0.2) is 0 Å². The van der Waals surface area contributed by atoms with Gasteiger partial charge in [0.05, 0.1) is 0 Å². The fourth-order valence-corrected chi connectivity index (χ4v) is 0.900. The van der Waals surface area contributed by atoms with E-state index < -0.39 is 0 Å². The Morgan fingerprint density at radius 1 is 1.80 bits per heavy atom. The fourth-order valence-electron chi connectivity index (χ4n) is 0.900. The summed E-state index contributed by atoms with van der Waals surface area (Å²) in [4.78, 5) is 10.6. The highest BCUT2D eigenvalue weighted by atomic mass is 16.5. The Hall–Kier alpha value is -1.05. The zero-order valence-electron chi connectivity index (χ0n) is 5.75. The van der Waals surface area contributed by atoms with Crippen molar-refractivity contribution in [1.29, 1.82) is 0 Å². The van der Waals surface area contributed by atoms with Crippen molar-refractivity contribution in [2.75, 3.05) is 0 Å². The maximum Gasteiger partial charge on any atom is 0.330 e. The molecular weight excluding hydrogens is 128 g/mol. The number of allylic oxidation sites excluding steroid dienone is 1. The minimum Gasteiger partial charge on any atom is -0.455 e. The van der Waals surface area contributed by atoms with Crippen molar-refractivity contribution in [3.8, 4) is 0 Å². The Bertz CT molecular complexity index is 170. The Labute approximate surface area is 60.2 Å². The SMILES string of the molecule is C=CC(=O)OC1C=CCC1. The summed E-state index contributed by atoms with van der Waals surface area (Å²) in [6.45, 7) is 3.30. The van der Waals surface area contributed by atoms with E-state index in [4.69, 9.17) is 4.74 Å². The van der Waals surface area contributed by atoms with Crippen molar-refractivity contribution < 1.29 is 9.53 Å². The summed E-state index contributed by atoms with van der Waals surface area (Å²) in [7, 11) is 0. The number of rotatable bonds is 2. The van der Waals surface area contributed by atoms with Crippen LogP contribution in [0, 0.1) is 0 Å². The van der Waals surface area contributed by atoms with Gasteiger partial charge in [-0.05, 0) is 18.9 Å². The van der Waals surface area contributed by atoms with Crippen LogP contribution in [0.3, 0.4) is 0 Å². The number of hydrogen-bond donors (Lipinski definition) is 0. The first-order chi connectivity index (χ1) is 4.83. The van der Waals surface area contributed by atoms with E-state index in [1.54, 1.807) is 0 Å². The van der Waals surface area contributed by atoms with Crippen LogP contribution in [0.5, 0.6) is 0 Å². The predicted molar refractivity (Wildman–Crippen MR) is 38.5 cm³/mol. The number of ether oxygens (including phenoxy) is 1. The van der Waals surface area contributed by atoms with Crippen molar-refractivity contribution in [3.63, 3.8) is 0 Å². The molecule has 0 amide bonds. The molecule has 0 fully saturated rings. The quantitative estimate of drug-likeness (QED) is 0.328. The Balaban J connectivity index is 2.31. The maximum absolute atomic E-state index is 10.6. The normalized spacial score (nSPS) is 22.6. The van der Waals surface area contributed by atoms with Crippen molar-refractivity contribution in [1.82, 2.24) is 0 Å². The van der Waals surface area contributed by atoms with Gasteiger partial charge >= 0.3 is 5.97 Å². The minimum absolute atomic E-state index is 0.00880. The van der Waals surface area contributed by atoms with Crippen molar-refractivity contribution in [3.05, 3.63) is 24.8 Å². The topological polar surface area (TPSA) is 26.3 Å². The molecule has 1 atom stereocenters. The van der Waals surface area contributed by atoms with Crippen molar-refractivity contribution in [2.24, 2.45) is 0 Å². The number of hydrogen-bond acceptors (Lipinski definition) is 2. The molecule has 2 nitrogen and oxygen atoms in total. The fraction of sp³-hybridized carbons (Fsp3) is 0.375. The van der Waals surface area contributed by atoms with Crippen LogP contribution in [0.2, 0.25) is 0 Å². The van der Waals surface area contributed by atoms with Crippen LogP contribution < -0.4 is 0 Å². The van der Waals surface area contributed by atoms with Crippen molar-refractivity contribution >= 4 is 5.97 Å². The molecule has 1 aliphatic carbocycles.